The summed E-state index contributed by atoms with van der Waals surface area (Å²) in [7, 11) is 0. The quantitative estimate of drug-likeness (QED) is 0.160. The molecule has 2 fully saturated rings. The van der Waals surface area contributed by atoms with E-state index < -0.39 is 118 Å². The second kappa shape index (κ2) is 13.1. The van der Waals surface area contributed by atoms with Gasteiger partial charge in [0.1, 0.15) is 17.9 Å². The maximum Gasteiger partial charge on any atom is 0.348 e. The molecule has 4 N–H and O–H groups in total. The normalized spacial score (nSPS) is 26.8. The molecule has 44 heavy (non-hydrogen) atoms. The van der Waals surface area contributed by atoms with Crippen LogP contribution in [-0.2, 0) is 35.0 Å². The lowest BCUT2D eigenvalue weighted by Gasteiger charge is -2.36. The SMILES string of the molecule is C[C@H]1OC(=O)C(C2COC2)OC(=O)[C@H](C)[C@H](O)[C@H](Cc2c(F)c(F)c(F)c(F)c2F)NC(=O)[C@H]1NC(=O)c1ncccc1O. The molecule has 17 heteroatoms. The van der Waals surface area contributed by atoms with Gasteiger partial charge in [0, 0.05) is 18.2 Å². The maximum absolute atomic E-state index is 14.6. The third-order valence-corrected chi connectivity index (χ3v) is 7.26. The summed E-state index contributed by atoms with van der Waals surface area (Å²) in [4.78, 5) is 56.2. The zero-order valence-electron chi connectivity index (χ0n) is 23.0. The number of pyridine rings is 1. The Morgan fingerprint density at radius 1 is 1.00 bits per heavy atom. The molecule has 1 aromatic heterocycles. The average Bonchev–Trinajstić information content (AvgIpc) is 2.96. The Morgan fingerprint density at radius 2 is 1.61 bits per heavy atom. The summed E-state index contributed by atoms with van der Waals surface area (Å²) >= 11 is 0. The number of hydrogen-bond acceptors (Lipinski definition) is 10. The highest BCUT2D eigenvalue weighted by Gasteiger charge is 2.44. The van der Waals surface area contributed by atoms with Crippen molar-refractivity contribution in [2.75, 3.05) is 13.2 Å². The fourth-order valence-electron chi connectivity index (χ4n) is 4.56. The summed E-state index contributed by atoms with van der Waals surface area (Å²) in [6.07, 6.45) is -5.34. The Morgan fingerprint density at radius 3 is 2.18 bits per heavy atom. The van der Waals surface area contributed by atoms with Crippen LogP contribution in [0.15, 0.2) is 18.3 Å². The number of benzene rings is 1. The summed E-state index contributed by atoms with van der Waals surface area (Å²) < 4.78 is 86.4. The highest BCUT2D eigenvalue weighted by Crippen LogP contribution is 2.27. The van der Waals surface area contributed by atoms with Crippen molar-refractivity contribution in [3.8, 4) is 5.75 Å². The van der Waals surface area contributed by atoms with E-state index in [1.165, 1.54) is 6.07 Å². The molecule has 2 amide bonds. The van der Waals surface area contributed by atoms with Crippen LogP contribution in [0.4, 0.5) is 22.0 Å². The lowest BCUT2D eigenvalue weighted by atomic mass is 9.91. The van der Waals surface area contributed by atoms with Crippen LogP contribution in [0.25, 0.3) is 0 Å². The number of esters is 2. The highest BCUT2D eigenvalue weighted by molar-refractivity contribution is 5.98. The minimum absolute atomic E-state index is 0.0269. The van der Waals surface area contributed by atoms with Gasteiger partial charge in [-0.25, -0.2) is 31.7 Å². The smallest absolute Gasteiger partial charge is 0.348 e. The van der Waals surface area contributed by atoms with Gasteiger partial charge in [0.25, 0.3) is 5.91 Å². The van der Waals surface area contributed by atoms with E-state index in [0.29, 0.717) is 0 Å². The van der Waals surface area contributed by atoms with E-state index in [9.17, 15) is 51.3 Å². The second-order valence-corrected chi connectivity index (χ2v) is 10.3. The summed E-state index contributed by atoms with van der Waals surface area (Å²) in [6, 6.07) is -1.38. The molecular formula is C27H26F5N3O9. The number of ether oxygens (including phenoxy) is 3. The van der Waals surface area contributed by atoms with Gasteiger partial charge < -0.3 is 35.1 Å². The highest BCUT2D eigenvalue weighted by atomic mass is 19.2. The number of rotatable bonds is 5. The van der Waals surface area contributed by atoms with Gasteiger partial charge in [-0.15, -0.1) is 0 Å². The molecule has 4 rings (SSSR count). The van der Waals surface area contributed by atoms with E-state index in [-0.39, 0.29) is 13.2 Å². The van der Waals surface area contributed by atoms with Crippen LogP contribution in [0.5, 0.6) is 5.75 Å². The minimum atomic E-state index is -2.44. The number of aromatic hydroxyl groups is 1. The van der Waals surface area contributed by atoms with Gasteiger partial charge in [0.2, 0.25) is 17.8 Å². The number of nitrogens with one attached hydrogen (secondary N) is 2. The molecule has 1 aromatic carbocycles. The Labute approximate surface area is 245 Å². The van der Waals surface area contributed by atoms with Crippen molar-refractivity contribution < 1.29 is 65.6 Å². The molecule has 0 spiro atoms. The predicted octanol–water partition coefficient (Wildman–Crippen LogP) is 0.809. The third kappa shape index (κ3) is 6.42. The lowest BCUT2D eigenvalue weighted by molar-refractivity contribution is -0.192. The zero-order valence-corrected chi connectivity index (χ0v) is 23.0. The molecule has 0 bridgehead atoms. The number of amides is 2. The van der Waals surface area contributed by atoms with Crippen LogP contribution in [-0.4, -0.2) is 82.6 Å². The van der Waals surface area contributed by atoms with Crippen molar-refractivity contribution in [1.29, 1.82) is 0 Å². The van der Waals surface area contributed by atoms with Crippen LogP contribution in [0.1, 0.15) is 29.9 Å². The molecule has 1 unspecified atom stereocenters. The number of aromatic nitrogens is 1. The second-order valence-electron chi connectivity index (χ2n) is 10.3. The summed E-state index contributed by atoms with van der Waals surface area (Å²) in [6.45, 7) is 2.17. The van der Waals surface area contributed by atoms with Crippen LogP contribution in [0.2, 0.25) is 0 Å². The first-order valence-electron chi connectivity index (χ1n) is 13.1. The summed E-state index contributed by atoms with van der Waals surface area (Å²) in [5.74, 6) is -19.2. The number of carbonyl (C=O) groups is 4. The van der Waals surface area contributed by atoms with Gasteiger partial charge in [0.15, 0.2) is 29.0 Å². The topological polar surface area (TPSA) is 173 Å². The molecule has 0 aliphatic carbocycles. The predicted molar refractivity (Wildman–Crippen MR) is 134 cm³/mol. The number of cyclic esters (lactones) is 2. The zero-order chi connectivity index (χ0) is 32.5. The van der Waals surface area contributed by atoms with Crippen molar-refractivity contribution >= 4 is 23.8 Å². The number of aliphatic hydroxyl groups excluding tert-OH is 1. The van der Waals surface area contributed by atoms with Gasteiger partial charge in [-0.1, -0.05) is 0 Å². The fourth-order valence-corrected chi connectivity index (χ4v) is 4.56. The first kappa shape index (κ1) is 32.5. The largest absolute Gasteiger partial charge is 0.505 e. The minimum Gasteiger partial charge on any atom is -0.505 e. The van der Waals surface area contributed by atoms with Crippen molar-refractivity contribution in [1.82, 2.24) is 15.6 Å². The van der Waals surface area contributed by atoms with Gasteiger partial charge in [-0.2, -0.15) is 0 Å². The molecule has 2 aliphatic heterocycles. The van der Waals surface area contributed by atoms with Gasteiger partial charge in [-0.3, -0.25) is 14.4 Å². The number of hydrogen-bond donors (Lipinski definition) is 4. The Bertz CT molecular complexity index is 1450. The molecule has 2 aromatic rings. The molecule has 0 radical (unpaired) electrons. The van der Waals surface area contributed by atoms with Crippen molar-refractivity contribution in [2.24, 2.45) is 11.8 Å². The Balaban J connectivity index is 1.75. The standard InChI is InChI=1S/C27H26F5N3O9/c1-9-22(37)13(6-12-15(28)17(30)19(32)18(31)16(12)29)34-24(38)20(35-25(39)21-14(36)4-3-5-33-21)10(2)43-27(41)23(44-26(9)40)11-7-42-8-11/h3-5,9-11,13,20,22-23,36-37H,6-8H2,1-2H3,(H,34,38)(H,35,39)/t9-,10-,13+,20+,22+,23?/m1/s1. The van der Waals surface area contributed by atoms with E-state index in [1.54, 1.807) is 0 Å². The van der Waals surface area contributed by atoms with Crippen LogP contribution in [0.3, 0.4) is 0 Å². The first-order valence-corrected chi connectivity index (χ1v) is 13.1. The van der Waals surface area contributed by atoms with Crippen LogP contribution in [0, 0.1) is 40.9 Å². The van der Waals surface area contributed by atoms with Gasteiger partial charge >= 0.3 is 11.9 Å². The van der Waals surface area contributed by atoms with E-state index in [1.807, 2.05) is 0 Å². The van der Waals surface area contributed by atoms with Gasteiger partial charge in [-0.05, 0) is 26.0 Å². The molecule has 3 heterocycles. The average molecular weight is 632 g/mol. The van der Waals surface area contributed by atoms with Crippen LogP contribution >= 0.6 is 0 Å². The number of halogens is 5. The molecule has 238 valence electrons. The summed E-state index contributed by atoms with van der Waals surface area (Å²) in [5, 5.41) is 25.4. The molecular weight excluding hydrogens is 605 g/mol. The lowest BCUT2D eigenvalue weighted by Crippen LogP contribution is -2.60. The van der Waals surface area contributed by atoms with Gasteiger partial charge in [0.05, 0.1) is 37.2 Å². The monoisotopic (exact) mass is 631 g/mol. The van der Waals surface area contributed by atoms with Crippen molar-refractivity contribution in [3.63, 3.8) is 0 Å². The molecule has 2 aliphatic rings. The molecule has 0 saturated carbocycles. The van der Waals surface area contributed by atoms with E-state index in [0.717, 1.165) is 26.1 Å². The molecule has 6 atom stereocenters. The van der Waals surface area contributed by atoms with E-state index >= 15 is 0 Å². The number of nitrogens with zero attached hydrogens (tertiary/aromatic N) is 1. The Kier molecular flexibility index (Phi) is 9.68. The number of aliphatic hydroxyl groups is 1. The van der Waals surface area contributed by atoms with E-state index in [2.05, 4.69) is 15.6 Å². The maximum atomic E-state index is 14.6. The molecule has 2 saturated heterocycles. The Hall–Kier alpha value is -4.38. The number of carbonyl (C=O) groups excluding carboxylic acids is 4. The van der Waals surface area contributed by atoms with Crippen molar-refractivity contribution in [3.05, 3.63) is 58.7 Å². The summed E-state index contributed by atoms with van der Waals surface area (Å²) in [5.41, 5.74) is -1.96. The third-order valence-electron chi connectivity index (χ3n) is 7.26. The van der Waals surface area contributed by atoms with Crippen molar-refractivity contribution in [2.45, 2.75) is 50.7 Å². The van der Waals surface area contributed by atoms with Crippen LogP contribution < -0.4 is 10.6 Å². The fraction of sp³-hybridized carbons (Fsp3) is 0.444. The first-order chi connectivity index (χ1) is 20.7. The molecule has 12 nitrogen and oxygen atoms in total. The van der Waals surface area contributed by atoms with E-state index in [4.69, 9.17) is 14.2 Å².